The van der Waals surface area contributed by atoms with E-state index in [0.717, 1.165) is 11.0 Å². The van der Waals surface area contributed by atoms with Gasteiger partial charge >= 0.3 is 0 Å². The summed E-state index contributed by atoms with van der Waals surface area (Å²) in [5.74, 6) is 2.64. The summed E-state index contributed by atoms with van der Waals surface area (Å²) in [6, 6.07) is 6.43. The molecule has 14 heavy (non-hydrogen) atoms. The summed E-state index contributed by atoms with van der Waals surface area (Å²) in [7, 11) is 0. The zero-order valence-corrected chi connectivity index (χ0v) is 10.1. The summed E-state index contributed by atoms with van der Waals surface area (Å²) in [6.45, 7) is 4.85. The predicted molar refractivity (Wildman–Crippen MR) is 64.0 cm³/mol. The lowest BCUT2D eigenvalue weighted by atomic mass is 10.1. The molecule has 1 unspecified atom stereocenters. The van der Waals surface area contributed by atoms with Gasteiger partial charge in [-0.15, -0.1) is 6.42 Å². The van der Waals surface area contributed by atoms with E-state index in [9.17, 15) is 0 Å². The van der Waals surface area contributed by atoms with Crippen molar-refractivity contribution in [2.24, 2.45) is 0 Å². The van der Waals surface area contributed by atoms with Crippen LogP contribution < -0.4 is 5.32 Å². The lowest BCUT2D eigenvalue weighted by molar-refractivity contribution is 0.646. The van der Waals surface area contributed by atoms with Crippen molar-refractivity contribution < 1.29 is 0 Å². The molecule has 74 valence electrons. The Labute approximate surface area is 94.0 Å². The standard InChI is InChI=1S/C12H14BrN/c1-4-10(3)14-8-11-6-5-9(2)7-12(11)13/h1,5-7,10,14H,8H2,2-3H3. The maximum Gasteiger partial charge on any atom is 0.0660 e. The normalized spacial score (nSPS) is 12.1. The Hall–Kier alpha value is -0.780. The van der Waals surface area contributed by atoms with Gasteiger partial charge in [0.05, 0.1) is 6.04 Å². The molecule has 0 aliphatic rings. The van der Waals surface area contributed by atoms with E-state index < -0.39 is 0 Å². The van der Waals surface area contributed by atoms with Crippen LogP contribution in [-0.4, -0.2) is 6.04 Å². The molecular weight excluding hydrogens is 238 g/mol. The van der Waals surface area contributed by atoms with Crippen LogP contribution in [0.2, 0.25) is 0 Å². The minimum atomic E-state index is 0.114. The van der Waals surface area contributed by atoms with E-state index in [2.05, 4.69) is 52.3 Å². The summed E-state index contributed by atoms with van der Waals surface area (Å²) in [5, 5.41) is 3.24. The van der Waals surface area contributed by atoms with Gasteiger partial charge in [-0.05, 0) is 31.0 Å². The highest BCUT2D eigenvalue weighted by Crippen LogP contribution is 2.18. The quantitative estimate of drug-likeness (QED) is 0.815. The van der Waals surface area contributed by atoms with Crippen LogP contribution in [0.4, 0.5) is 0 Å². The average Bonchev–Trinajstić information content (AvgIpc) is 2.16. The SMILES string of the molecule is C#CC(C)NCc1ccc(C)cc1Br. The van der Waals surface area contributed by atoms with Crippen molar-refractivity contribution in [2.45, 2.75) is 26.4 Å². The molecule has 0 radical (unpaired) electrons. The molecule has 0 amide bonds. The van der Waals surface area contributed by atoms with Crippen LogP contribution in [0.5, 0.6) is 0 Å². The fourth-order valence-electron chi connectivity index (χ4n) is 1.12. The van der Waals surface area contributed by atoms with E-state index in [0.29, 0.717) is 0 Å². The lowest BCUT2D eigenvalue weighted by Gasteiger charge is -2.09. The molecular formula is C12H14BrN. The summed E-state index contributed by atoms with van der Waals surface area (Å²) >= 11 is 3.53. The monoisotopic (exact) mass is 251 g/mol. The summed E-state index contributed by atoms with van der Waals surface area (Å²) in [5.41, 5.74) is 2.49. The molecule has 0 saturated heterocycles. The van der Waals surface area contributed by atoms with Gasteiger partial charge in [0.1, 0.15) is 0 Å². The number of terminal acetylenes is 1. The molecule has 1 aromatic rings. The molecule has 0 fully saturated rings. The smallest absolute Gasteiger partial charge is 0.0660 e. The number of halogens is 1. The Morgan fingerprint density at radius 1 is 1.57 bits per heavy atom. The molecule has 0 aromatic heterocycles. The van der Waals surface area contributed by atoms with Gasteiger partial charge in [0, 0.05) is 11.0 Å². The second-order valence-corrected chi connectivity index (χ2v) is 4.22. The van der Waals surface area contributed by atoms with Crippen LogP contribution in [0.1, 0.15) is 18.1 Å². The summed E-state index contributed by atoms with van der Waals surface area (Å²) in [6.07, 6.45) is 5.27. The number of hydrogen-bond acceptors (Lipinski definition) is 1. The Kier molecular flexibility index (Phi) is 4.19. The first-order valence-electron chi connectivity index (χ1n) is 4.58. The average molecular weight is 252 g/mol. The zero-order chi connectivity index (χ0) is 10.6. The van der Waals surface area contributed by atoms with Crippen molar-refractivity contribution in [2.75, 3.05) is 0 Å². The third-order valence-electron chi connectivity index (χ3n) is 2.06. The molecule has 1 atom stereocenters. The topological polar surface area (TPSA) is 12.0 Å². The van der Waals surface area contributed by atoms with Crippen molar-refractivity contribution in [1.82, 2.24) is 5.32 Å². The van der Waals surface area contributed by atoms with Gasteiger partial charge in [0.25, 0.3) is 0 Å². The van der Waals surface area contributed by atoms with Crippen molar-refractivity contribution >= 4 is 15.9 Å². The Morgan fingerprint density at radius 2 is 2.29 bits per heavy atom. The van der Waals surface area contributed by atoms with E-state index in [1.165, 1.54) is 11.1 Å². The van der Waals surface area contributed by atoms with Crippen LogP contribution >= 0.6 is 15.9 Å². The third-order valence-corrected chi connectivity index (χ3v) is 2.80. The van der Waals surface area contributed by atoms with Crippen molar-refractivity contribution in [3.05, 3.63) is 33.8 Å². The van der Waals surface area contributed by atoms with E-state index in [-0.39, 0.29) is 6.04 Å². The minimum Gasteiger partial charge on any atom is -0.300 e. The van der Waals surface area contributed by atoms with Gasteiger partial charge in [0.15, 0.2) is 0 Å². The van der Waals surface area contributed by atoms with Crippen LogP contribution in [0.15, 0.2) is 22.7 Å². The van der Waals surface area contributed by atoms with E-state index in [1.54, 1.807) is 0 Å². The maximum absolute atomic E-state index is 5.27. The summed E-state index contributed by atoms with van der Waals surface area (Å²) < 4.78 is 1.13. The first-order chi connectivity index (χ1) is 6.63. The minimum absolute atomic E-state index is 0.114. The molecule has 1 aromatic carbocycles. The predicted octanol–water partition coefficient (Wildman–Crippen LogP) is 2.87. The van der Waals surface area contributed by atoms with E-state index in [1.807, 2.05) is 6.92 Å². The highest BCUT2D eigenvalue weighted by atomic mass is 79.9. The largest absolute Gasteiger partial charge is 0.300 e. The molecule has 0 spiro atoms. The number of nitrogens with one attached hydrogen (secondary N) is 1. The van der Waals surface area contributed by atoms with Crippen LogP contribution in [0.3, 0.4) is 0 Å². The fourth-order valence-corrected chi connectivity index (χ4v) is 1.75. The number of benzene rings is 1. The zero-order valence-electron chi connectivity index (χ0n) is 8.47. The summed E-state index contributed by atoms with van der Waals surface area (Å²) in [4.78, 5) is 0. The van der Waals surface area contributed by atoms with E-state index >= 15 is 0 Å². The van der Waals surface area contributed by atoms with E-state index in [4.69, 9.17) is 6.42 Å². The van der Waals surface area contributed by atoms with Crippen LogP contribution in [-0.2, 0) is 6.54 Å². The molecule has 0 saturated carbocycles. The van der Waals surface area contributed by atoms with Crippen LogP contribution in [0.25, 0.3) is 0 Å². The Bertz CT molecular complexity index is 352. The highest BCUT2D eigenvalue weighted by molar-refractivity contribution is 9.10. The molecule has 0 bridgehead atoms. The Morgan fingerprint density at radius 3 is 2.86 bits per heavy atom. The second kappa shape index (κ2) is 5.19. The van der Waals surface area contributed by atoms with Crippen LogP contribution in [0, 0.1) is 19.3 Å². The van der Waals surface area contributed by atoms with Gasteiger partial charge in [-0.25, -0.2) is 0 Å². The lowest BCUT2D eigenvalue weighted by Crippen LogP contribution is -2.23. The van der Waals surface area contributed by atoms with Crippen molar-refractivity contribution in [3.63, 3.8) is 0 Å². The molecule has 1 nitrogen and oxygen atoms in total. The molecule has 0 aliphatic heterocycles. The Balaban J connectivity index is 2.64. The molecule has 0 heterocycles. The fraction of sp³-hybridized carbons (Fsp3) is 0.333. The number of aryl methyl sites for hydroxylation is 1. The molecule has 0 aliphatic carbocycles. The second-order valence-electron chi connectivity index (χ2n) is 3.36. The first kappa shape index (κ1) is 11.3. The number of hydrogen-bond donors (Lipinski definition) is 1. The molecule has 2 heteroatoms. The van der Waals surface area contributed by atoms with Crippen molar-refractivity contribution in [3.8, 4) is 12.3 Å². The maximum atomic E-state index is 5.27. The molecule has 1 N–H and O–H groups in total. The van der Waals surface area contributed by atoms with Gasteiger partial charge in [-0.3, -0.25) is 5.32 Å². The third kappa shape index (κ3) is 3.17. The van der Waals surface area contributed by atoms with Gasteiger partial charge in [0.2, 0.25) is 0 Å². The number of rotatable bonds is 3. The first-order valence-corrected chi connectivity index (χ1v) is 5.37. The van der Waals surface area contributed by atoms with Crippen molar-refractivity contribution in [1.29, 1.82) is 0 Å². The van der Waals surface area contributed by atoms with Gasteiger partial charge in [-0.2, -0.15) is 0 Å². The van der Waals surface area contributed by atoms with Gasteiger partial charge < -0.3 is 0 Å². The van der Waals surface area contributed by atoms with Gasteiger partial charge in [-0.1, -0.05) is 34.0 Å². The molecule has 1 rings (SSSR count). The highest BCUT2D eigenvalue weighted by Gasteiger charge is 2.01.